The monoisotopic (exact) mass is 321 g/mol. The number of nitrogens with two attached hydrogens (primary N) is 1. The summed E-state index contributed by atoms with van der Waals surface area (Å²) in [6.45, 7) is 2.56. The minimum atomic E-state index is -0.110. The zero-order chi connectivity index (χ0) is 13.7. The van der Waals surface area contributed by atoms with Crippen LogP contribution in [0, 0.1) is 0 Å². The topological polar surface area (TPSA) is 60.2 Å². The normalized spacial score (nSPS) is 12.2. The Bertz CT molecular complexity index is 530. The summed E-state index contributed by atoms with van der Waals surface area (Å²) in [7, 11) is 0. The number of halogens is 1. The summed E-state index contributed by atoms with van der Waals surface area (Å²) in [6.07, 6.45) is 3.48. The molecule has 100 valence electrons. The van der Waals surface area contributed by atoms with E-state index in [1.54, 1.807) is 12.4 Å². The van der Waals surface area contributed by atoms with Gasteiger partial charge in [-0.2, -0.15) is 0 Å². The fourth-order valence-electron chi connectivity index (χ4n) is 1.88. The van der Waals surface area contributed by atoms with Crippen molar-refractivity contribution in [3.05, 3.63) is 58.3 Å². The zero-order valence-corrected chi connectivity index (χ0v) is 12.2. The second-order valence-electron chi connectivity index (χ2n) is 4.04. The number of hydrogen-bond acceptors (Lipinski definition) is 4. The van der Waals surface area contributed by atoms with Crippen molar-refractivity contribution in [2.45, 2.75) is 13.0 Å². The van der Waals surface area contributed by atoms with Gasteiger partial charge in [0.2, 0.25) is 0 Å². The van der Waals surface area contributed by atoms with E-state index in [1.165, 1.54) is 0 Å². The van der Waals surface area contributed by atoms with Gasteiger partial charge in [-0.25, -0.2) is 5.43 Å². The van der Waals surface area contributed by atoms with Crippen LogP contribution in [0.2, 0.25) is 0 Å². The summed E-state index contributed by atoms with van der Waals surface area (Å²) < 4.78 is 6.49. The molecule has 2 rings (SSSR count). The number of nitrogens with zero attached hydrogens (tertiary/aromatic N) is 1. The Morgan fingerprint density at radius 1 is 1.26 bits per heavy atom. The minimum absolute atomic E-state index is 0.110. The molecular weight excluding hydrogens is 306 g/mol. The highest BCUT2D eigenvalue weighted by atomic mass is 79.9. The van der Waals surface area contributed by atoms with E-state index >= 15 is 0 Å². The van der Waals surface area contributed by atoms with Gasteiger partial charge < -0.3 is 4.74 Å². The average Bonchev–Trinajstić information content (AvgIpc) is 2.43. The summed E-state index contributed by atoms with van der Waals surface area (Å²) in [5.74, 6) is 6.42. The van der Waals surface area contributed by atoms with Crippen LogP contribution in [0.5, 0.6) is 5.75 Å². The first kappa shape index (κ1) is 14.0. The lowest BCUT2D eigenvalue weighted by atomic mass is 10.0. The molecule has 0 bridgehead atoms. The van der Waals surface area contributed by atoms with Crippen LogP contribution in [-0.2, 0) is 0 Å². The Kier molecular flexibility index (Phi) is 4.90. The quantitative estimate of drug-likeness (QED) is 0.656. The molecule has 1 aromatic carbocycles. The van der Waals surface area contributed by atoms with Crippen LogP contribution in [0.3, 0.4) is 0 Å². The number of aromatic nitrogens is 1. The van der Waals surface area contributed by atoms with Crippen molar-refractivity contribution in [1.82, 2.24) is 10.4 Å². The third-order valence-corrected chi connectivity index (χ3v) is 3.28. The maximum absolute atomic E-state index is 5.67. The molecule has 1 atom stereocenters. The van der Waals surface area contributed by atoms with Gasteiger partial charge in [0.15, 0.2) is 0 Å². The SMILES string of the molecule is CCOc1cncc(C(NN)c2ccc(Br)cc2)c1. The van der Waals surface area contributed by atoms with Gasteiger partial charge in [-0.15, -0.1) is 0 Å². The highest BCUT2D eigenvalue weighted by molar-refractivity contribution is 9.10. The molecule has 0 aliphatic heterocycles. The Morgan fingerprint density at radius 2 is 2.00 bits per heavy atom. The third kappa shape index (κ3) is 3.53. The smallest absolute Gasteiger partial charge is 0.137 e. The van der Waals surface area contributed by atoms with Crippen LogP contribution < -0.4 is 16.0 Å². The molecule has 4 nitrogen and oxygen atoms in total. The average molecular weight is 322 g/mol. The van der Waals surface area contributed by atoms with Gasteiger partial charge in [0.1, 0.15) is 5.75 Å². The van der Waals surface area contributed by atoms with E-state index in [0.29, 0.717) is 6.61 Å². The molecule has 0 aliphatic rings. The largest absolute Gasteiger partial charge is 0.492 e. The van der Waals surface area contributed by atoms with E-state index in [9.17, 15) is 0 Å². The summed E-state index contributed by atoms with van der Waals surface area (Å²) in [4.78, 5) is 4.19. The molecule has 1 aromatic heterocycles. The first-order valence-corrected chi connectivity index (χ1v) is 6.83. The van der Waals surface area contributed by atoms with Gasteiger partial charge >= 0.3 is 0 Å². The maximum Gasteiger partial charge on any atom is 0.137 e. The summed E-state index contributed by atoms with van der Waals surface area (Å²) in [5, 5.41) is 0. The van der Waals surface area contributed by atoms with Crippen molar-refractivity contribution in [3.8, 4) is 5.75 Å². The van der Waals surface area contributed by atoms with E-state index in [4.69, 9.17) is 10.6 Å². The van der Waals surface area contributed by atoms with Gasteiger partial charge in [-0.1, -0.05) is 28.1 Å². The molecule has 1 unspecified atom stereocenters. The Morgan fingerprint density at radius 3 is 2.63 bits per heavy atom. The second-order valence-corrected chi connectivity index (χ2v) is 4.95. The molecule has 0 saturated carbocycles. The van der Waals surface area contributed by atoms with Crippen molar-refractivity contribution < 1.29 is 4.74 Å². The predicted molar refractivity (Wildman–Crippen MR) is 78.7 cm³/mol. The zero-order valence-electron chi connectivity index (χ0n) is 10.6. The molecule has 0 saturated heterocycles. The fourth-order valence-corrected chi connectivity index (χ4v) is 2.14. The fraction of sp³-hybridized carbons (Fsp3) is 0.214. The molecule has 0 aliphatic carbocycles. The molecule has 5 heteroatoms. The maximum atomic E-state index is 5.67. The van der Waals surface area contributed by atoms with Crippen molar-refractivity contribution in [2.24, 2.45) is 5.84 Å². The van der Waals surface area contributed by atoms with Crippen LogP contribution in [0.4, 0.5) is 0 Å². The number of pyridine rings is 1. The van der Waals surface area contributed by atoms with Crippen molar-refractivity contribution in [1.29, 1.82) is 0 Å². The van der Waals surface area contributed by atoms with Gasteiger partial charge in [0.25, 0.3) is 0 Å². The summed E-state index contributed by atoms with van der Waals surface area (Å²) in [5.41, 5.74) is 4.85. The molecule has 0 amide bonds. The first-order chi connectivity index (χ1) is 9.24. The van der Waals surface area contributed by atoms with Crippen LogP contribution in [0.1, 0.15) is 24.1 Å². The van der Waals surface area contributed by atoms with Crippen LogP contribution >= 0.6 is 15.9 Å². The van der Waals surface area contributed by atoms with Crippen LogP contribution in [-0.4, -0.2) is 11.6 Å². The Labute approximate surface area is 121 Å². The number of hydrazine groups is 1. The summed E-state index contributed by atoms with van der Waals surface area (Å²) >= 11 is 3.42. The molecule has 0 spiro atoms. The highest BCUT2D eigenvalue weighted by Gasteiger charge is 2.13. The van der Waals surface area contributed by atoms with E-state index in [1.807, 2.05) is 37.3 Å². The van der Waals surface area contributed by atoms with E-state index < -0.39 is 0 Å². The number of benzene rings is 1. The summed E-state index contributed by atoms with van der Waals surface area (Å²) in [6, 6.07) is 9.84. The molecule has 2 aromatic rings. The number of ether oxygens (including phenoxy) is 1. The Balaban J connectivity index is 2.30. The third-order valence-electron chi connectivity index (χ3n) is 2.75. The van der Waals surface area contributed by atoms with E-state index in [-0.39, 0.29) is 6.04 Å². The van der Waals surface area contributed by atoms with Gasteiger partial charge in [-0.3, -0.25) is 10.8 Å². The van der Waals surface area contributed by atoms with Gasteiger partial charge in [0, 0.05) is 10.7 Å². The number of nitrogens with one attached hydrogen (secondary N) is 1. The Hall–Kier alpha value is -1.43. The van der Waals surface area contributed by atoms with E-state index in [2.05, 4.69) is 26.3 Å². The van der Waals surface area contributed by atoms with E-state index in [0.717, 1.165) is 21.3 Å². The van der Waals surface area contributed by atoms with Crippen molar-refractivity contribution in [2.75, 3.05) is 6.61 Å². The lowest BCUT2D eigenvalue weighted by molar-refractivity contribution is 0.338. The lowest BCUT2D eigenvalue weighted by Crippen LogP contribution is -2.28. The van der Waals surface area contributed by atoms with Crippen molar-refractivity contribution >= 4 is 15.9 Å². The molecular formula is C14H16BrN3O. The van der Waals surface area contributed by atoms with Crippen molar-refractivity contribution in [3.63, 3.8) is 0 Å². The molecule has 19 heavy (non-hydrogen) atoms. The standard InChI is InChI=1S/C14H16BrN3O/c1-2-19-13-7-11(8-17-9-13)14(18-16)10-3-5-12(15)6-4-10/h3-9,14,18H,2,16H2,1H3. The van der Waals surface area contributed by atoms with Crippen LogP contribution in [0.25, 0.3) is 0 Å². The van der Waals surface area contributed by atoms with Crippen LogP contribution in [0.15, 0.2) is 47.2 Å². The van der Waals surface area contributed by atoms with Gasteiger partial charge in [-0.05, 0) is 36.2 Å². The molecule has 0 radical (unpaired) electrons. The molecule has 1 heterocycles. The lowest BCUT2D eigenvalue weighted by Gasteiger charge is -2.17. The molecule has 3 N–H and O–H groups in total. The number of hydrogen-bond donors (Lipinski definition) is 2. The van der Waals surface area contributed by atoms with Gasteiger partial charge in [0.05, 0.1) is 18.8 Å². The first-order valence-electron chi connectivity index (χ1n) is 6.04. The molecule has 0 fully saturated rings. The predicted octanol–water partition coefficient (Wildman–Crippen LogP) is 2.80. The second kappa shape index (κ2) is 6.65. The highest BCUT2D eigenvalue weighted by Crippen LogP contribution is 2.24. The number of rotatable bonds is 5. The minimum Gasteiger partial charge on any atom is -0.492 e.